The molecule has 1 heterocycles. The Labute approximate surface area is 70.4 Å². The highest BCUT2D eigenvalue weighted by molar-refractivity contribution is 5.66. The average Bonchev–Trinajstić information content (AvgIpc) is 2.48. The van der Waals surface area contributed by atoms with Gasteiger partial charge in [-0.15, -0.1) is 0 Å². The number of aromatic nitrogens is 2. The molecule has 64 valence electrons. The highest BCUT2D eigenvalue weighted by Crippen LogP contribution is 1.85. The van der Waals surface area contributed by atoms with Gasteiger partial charge in [0.1, 0.15) is 18.9 Å². The summed E-state index contributed by atoms with van der Waals surface area (Å²) in [6, 6.07) is 0. The van der Waals surface area contributed by atoms with Crippen LogP contribution >= 0.6 is 0 Å². The first-order valence-corrected chi connectivity index (χ1v) is 3.63. The summed E-state index contributed by atoms with van der Waals surface area (Å²) in [6.45, 7) is 4.07. The predicted octanol–water partition coefficient (Wildman–Crippen LogP) is 0.351. The fourth-order valence-electron chi connectivity index (χ4n) is 0.876. The van der Waals surface area contributed by atoms with Crippen LogP contribution < -0.4 is 4.57 Å². The van der Waals surface area contributed by atoms with Gasteiger partial charge in [0.25, 0.3) is 0 Å². The number of hydrogen-bond acceptors (Lipinski definition) is 1. The molecule has 0 bridgehead atoms. The highest BCUT2D eigenvalue weighted by atomic mass is 16.4. The maximum atomic E-state index is 10.2. The lowest BCUT2D eigenvalue weighted by molar-refractivity contribution is -0.695. The van der Waals surface area contributed by atoms with E-state index in [0.29, 0.717) is 6.54 Å². The second-order valence-corrected chi connectivity index (χ2v) is 2.42. The van der Waals surface area contributed by atoms with E-state index in [9.17, 15) is 4.79 Å². The van der Waals surface area contributed by atoms with E-state index in [1.165, 1.54) is 0 Å². The minimum absolute atomic E-state index is 0.145. The minimum Gasteiger partial charge on any atom is -0.481 e. The summed E-state index contributed by atoms with van der Waals surface area (Å²) in [5.41, 5.74) is 0. The van der Waals surface area contributed by atoms with E-state index >= 15 is 0 Å². The van der Waals surface area contributed by atoms with Crippen LogP contribution in [0.25, 0.3) is 6.20 Å². The molecule has 0 aromatic carbocycles. The van der Waals surface area contributed by atoms with Gasteiger partial charge in [0, 0.05) is 0 Å². The van der Waals surface area contributed by atoms with Gasteiger partial charge in [-0.1, -0.05) is 6.58 Å². The van der Waals surface area contributed by atoms with E-state index in [4.69, 9.17) is 5.11 Å². The van der Waals surface area contributed by atoms with Crippen LogP contribution in [-0.4, -0.2) is 15.6 Å². The van der Waals surface area contributed by atoms with Crippen molar-refractivity contribution in [2.24, 2.45) is 0 Å². The van der Waals surface area contributed by atoms with Gasteiger partial charge in [0.15, 0.2) is 0 Å². The van der Waals surface area contributed by atoms with Crippen molar-refractivity contribution in [3.8, 4) is 0 Å². The number of carbonyl (C=O) groups is 1. The third-order valence-corrected chi connectivity index (χ3v) is 1.51. The van der Waals surface area contributed by atoms with Crippen LogP contribution in [-0.2, 0) is 11.3 Å². The van der Waals surface area contributed by atoms with Gasteiger partial charge in [-0.05, 0) is 0 Å². The minimum atomic E-state index is -0.783. The van der Waals surface area contributed by atoms with Crippen LogP contribution in [0.2, 0.25) is 0 Å². The Morgan fingerprint density at radius 3 is 3.00 bits per heavy atom. The normalized spacial score (nSPS) is 9.67. The van der Waals surface area contributed by atoms with Crippen molar-refractivity contribution in [2.45, 2.75) is 13.0 Å². The van der Waals surface area contributed by atoms with Crippen molar-refractivity contribution in [1.82, 2.24) is 4.57 Å². The van der Waals surface area contributed by atoms with Crippen LogP contribution in [0.5, 0.6) is 0 Å². The third-order valence-electron chi connectivity index (χ3n) is 1.51. The van der Waals surface area contributed by atoms with Crippen LogP contribution in [0, 0.1) is 0 Å². The summed E-state index contributed by atoms with van der Waals surface area (Å²) in [7, 11) is 0. The van der Waals surface area contributed by atoms with Gasteiger partial charge >= 0.3 is 5.97 Å². The number of aryl methyl sites for hydroxylation is 1. The molecule has 0 spiro atoms. The molecule has 1 N–H and O–H groups in total. The highest BCUT2D eigenvalue weighted by Gasteiger charge is 2.03. The van der Waals surface area contributed by atoms with Gasteiger partial charge in [-0.25, -0.2) is 9.13 Å². The molecule has 0 amide bonds. The number of carboxylic acids is 1. The summed E-state index contributed by atoms with van der Waals surface area (Å²) >= 11 is 0. The molecular formula is C8H11N2O2+. The Bertz CT molecular complexity index is 291. The van der Waals surface area contributed by atoms with E-state index in [1.807, 2.05) is 12.4 Å². The van der Waals surface area contributed by atoms with Crippen molar-refractivity contribution in [3.05, 3.63) is 25.3 Å². The second kappa shape index (κ2) is 3.71. The number of aliphatic carboxylic acids is 1. The molecule has 0 saturated carbocycles. The van der Waals surface area contributed by atoms with Crippen molar-refractivity contribution < 1.29 is 14.5 Å². The van der Waals surface area contributed by atoms with Crippen molar-refractivity contribution in [1.29, 1.82) is 0 Å². The van der Waals surface area contributed by atoms with E-state index in [1.54, 1.807) is 21.7 Å². The zero-order chi connectivity index (χ0) is 8.97. The smallest absolute Gasteiger partial charge is 0.307 e. The number of hydrogen-bond donors (Lipinski definition) is 1. The maximum absolute atomic E-state index is 10.2. The van der Waals surface area contributed by atoms with Crippen LogP contribution in [0.15, 0.2) is 25.3 Å². The second-order valence-electron chi connectivity index (χ2n) is 2.42. The molecule has 0 fully saturated rings. The Kier molecular flexibility index (Phi) is 2.63. The maximum Gasteiger partial charge on any atom is 0.307 e. The largest absolute Gasteiger partial charge is 0.481 e. The topological polar surface area (TPSA) is 46.1 Å². The van der Waals surface area contributed by atoms with E-state index < -0.39 is 5.97 Å². The standard InChI is InChI=1S/C8H10N2O2/c1-2-9-5-6-10(7-9)4-3-8(11)12/h2,5-7H,1,3-4H2/p+1. The van der Waals surface area contributed by atoms with E-state index in [2.05, 4.69) is 6.58 Å². The lowest BCUT2D eigenvalue weighted by Crippen LogP contribution is -2.32. The summed E-state index contributed by atoms with van der Waals surface area (Å²) in [6.07, 6.45) is 7.21. The zero-order valence-corrected chi connectivity index (χ0v) is 6.68. The summed E-state index contributed by atoms with van der Waals surface area (Å²) in [4.78, 5) is 10.2. The molecule has 0 radical (unpaired) electrons. The van der Waals surface area contributed by atoms with Crippen molar-refractivity contribution >= 4 is 12.2 Å². The molecule has 1 rings (SSSR count). The molecule has 4 heteroatoms. The molecule has 0 saturated heterocycles. The Balaban J connectivity index is 2.52. The van der Waals surface area contributed by atoms with Gasteiger partial charge in [0.2, 0.25) is 6.33 Å². The Morgan fingerprint density at radius 2 is 2.50 bits per heavy atom. The molecular weight excluding hydrogens is 156 g/mol. The van der Waals surface area contributed by atoms with Crippen LogP contribution in [0.3, 0.4) is 0 Å². The summed E-state index contributed by atoms with van der Waals surface area (Å²) in [5, 5.41) is 8.40. The fourth-order valence-corrected chi connectivity index (χ4v) is 0.876. The lowest BCUT2D eigenvalue weighted by Gasteiger charge is -1.89. The average molecular weight is 167 g/mol. The molecule has 0 aliphatic carbocycles. The van der Waals surface area contributed by atoms with Gasteiger partial charge in [-0.2, -0.15) is 0 Å². The SMILES string of the molecule is C=Cn1cc[n+](CCC(=O)O)c1. The van der Waals surface area contributed by atoms with Gasteiger partial charge < -0.3 is 5.11 Å². The number of imidazole rings is 1. The molecule has 1 aromatic heterocycles. The molecule has 12 heavy (non-hydrogen) atoms. The van der Waals surface area contributed by atoms with Crippen LogP contribution in [0.4, 0.5) is 0 Å². The molecule has 0 unspecified atom stereocenters. The summed E-state index contributed by atoms with van der Waals surface area (Å²) in [5.74, 6) is -0.783. The fraction of sp³-hybridized carbons (Fsp3) is 0.250. The zero-order valence-electron chi connectivity index (χ0n) is 6.68. The third kappa shape index (κ3) is 2.23. The number of carboxylic acid groups (broad SMARTS) is 1. The Morgan fingerprint density at radius 1 is 1.75 bits per heavy atom. The monoisotopic (exact) mass is 167 g/mol. The first kappa shape index (κ1) is 8.52. The van der Waals surface area contributed by atoms with Gasteiger partial charge in [0.05, 0.1) is 12.6 Å². The van der Waals surface area contributed by atoms with Crippen molar-refractivity contribution in [3.63, 3.8) is 0 Å². The van der Waals surface area contributed by atoms with Crippen molar-refractivity contribution in [2.75, 3.05) is 0 Å². The molecule has 0 aliphatic rings. The quantitative estimate of drug-likeness (QED) is 0.658. The predicted molar refractivity (Wildman–Crippen MR) is 43.3 cm³/mol. The molecule has 1 aromatic rings. The van der Waals surface area contributed by atoms with Crippen LogP contribution in [0.1, 0.15) is 6.42 Å². The van der Waals surface area contributed by atoms with E-state index in [0.717, 1.165) is 0 Å². The molecule has 0 atom stereocenters. The number of rotatable bonds is 4. The lowest BCUT2D eigenvalue weighted by atomic mass is 10.4. The summed E-state index contributed by atoms with van der Waals surface area (Å²) < 4.78 is 3.57. The molecule has 4 nitrogen and oxygen atoms in total. The van der Waals surface area contributed by atoms with E-state index in [-0.39, 0.29) is 6.42 Å². The molecule has 0 aliphatic heterocycles. The Hall–Kier alpha value is -1.58. The first-order valence-electron chi connectivity index (χ1n) is 3.63. The van der Waals surface area contributed by atoms with Gasteiger partial charge in [-0.3, -0.25) is 4.79 Å². The number of nitrogens with zero attached hydrogens (tertiary/aromatic N) is 2. The first-order chi connectivity index (χ1) is 5.72.